The summed E-state index contributed by atoms with van der Waals surface area (Å²) in [5.41, 5.74) is 4.70. The Balaban J connectivity index is 1.74. The number of carbonyl (C=O) groups excluding carboxylic acids is 1. The third-order valence-corrected chi connectivity index (χ3v) is 4.58. The molecule has 0 saturated carbocycles. The van der Waals surface area contributed by atoms with Gasteiger partial charge in [-0.1, -0.05) is 48.0 Å². The van der Waals surface area contributed by atoms with Crippen LogP contribution >= 0.6 is 0 Å². The molecule has 4 aromatic rings. The molecule has 0 spiro atoms. The van der Waals surface area contributed by atoms with Crippen LogP contribution in [0.3, 0.4) is 0 Å². The summed E-state index contributed by atoms with van der Waals surface area (Å²) in [4.78, 5) is 12.5. The number of benzene rings is 2. The lowest BCUT2D eigenvalue weighted by Crippen LogP contribution is -2.04. The first-order valence-corrected chi connectivity index (χ1v) is 9.05. The van der Waals surface area contributed by atoms with Gasteiger partial charge in [-0.2, -0.15) is 0 Å². The number of esters is 1. The zero-order valence-corrected chi connectivity index (χ0v) is 15.4. The quantitative estimate of drug-likeness (QED) is 0.462. The monoisotopic (exact) mass is 359 g/mol. The maximum atomic E-state index is 12.5. The van der Waals surface area contributed by atoms with Crippen LogP contribution in [0.25, 0.3) is 16.4 Å². The molecular formula is C23H21NO3. The molecule has 0 aliphatic heterocycles. The number of pyridine rings is 1. The van der Waals surface area contributed by atoms with E-state index in [1.807, 2.05) is 60.0 Å². The first-order valence-electron chi connectivity index (χ1n) is 9.05. The molecule has 0 aliphatic rings. The van der Waals surface area contributed by atoms with E-state index in [0.29, 0.717) is 18.8 Å². The predicted octanol–water partition coefficient (Wildman–Crippen LogP) is 5.16. The van der Waals surface area contributed by atoms with Crippen LogP contribution in [-0.4, -0.2) is 17.0 Å². The number of nitrogens with zero attached hydrogens (tertiary/aromatic N) is 1. The van der Waals surface area contributed by atoms with E-state index in [2.05, 4.69) is 25.1 Å². The summed E-state index contributed by atoms with van der Waals surface area (Å²) in [5, 5.41) is 0.881. The van der Waals surface area contributed by atoms with E-state index >= 15 is 0 Å². The highest BCUT2D eigenvalue weighted by atomic mass is 16.5. The van der Waals surface area contributed by atoms with Crippen molar-refractivity contribution in [2.75, 3.05) is 6.61 Å². The Bertz CT molecular complexity index is 1130. The molecule has 2 aromatic heterocycles. The number of hydrogen-bond donors (Lipinski definition) is 0. The second kappa shape index (κ2) is 7.16. The molecule has 136 valence electrons. The van der Waals surface area contributed by atoms with Crippen molar-refractivity contribution in [1.82, 2.24) is 4.40 Å². The number of hydrogen-bond acceptors (Lipinski definition) is 3. The van der Waals surface area contributed by atoms with Gasteiger partial charge < -0.3 is 13.9 Å². The van der Waals surface area contributed by atoms with Crippen LogP contribution in [0, 0.1) is 6.92 Å². The van der Waals surface area contributed by atoms with Crippen LogP contribution in [0.1, 0.15) is 28.4 Å². The first kappa shape index (κ1) is 17.2. The third-order valence-electron chi connectivity index (χ3n) is 4.58. The molecule has 2 aromatic carbocycles. The van der Waals surface area contributed by atoms with Crippen molar-refractivity contribution >= 4 is 22.4 Å². The van der Waals surface area contributed by atoms with Gasteiger partial charge in [-0.25, -0.2) is 4.79 Å². The number of ether oxygens (including phenoxy) is 2. The lowest BCUT2D eigenvalue weighted by molar-refractivity contribution is 0.0531. The van der Waals surface area contributed by atoms with Crippen molar-refractivity contribution in [3.8, 4) is 5.75 Å². The standard InChI is InChI=1S/C23H21NO3/c1-3-26-23(25)22-19-9-4-5-10-20(19)24-14-18(11-12-21(22)24)27-15-17-8-6-7-16(2)13-17/h4-14H,3,15H2,1-2H3. The van der Waals surface area contributed by atoms with E-state index in [4.69, 9.17) is 9.47 Å². The molecule has 0 fully saturated rings. The SMILES string of the molecule is CCOC(=O)c1c2ccccc2n2cc(OCc3cccc(C)c3)ccc12. The minimum absolute atomic E-state index is 0.301. The minimum Gasteiger partial charge on any atom is -0.487 e. The second-order valence-electron chi connectivity index (χ2n) is 6.51. The van der Waals surface area contributed by atoms with Crippen molar-refractivity contribution in [1.29, 1.82) is 0 Å². The van der Waals surface area contributed by atoms with Gasteiger partial charge in [0.25, 0.3) is 0 Å². The van der Waals surface area contributed by atoms with Gasteiger partial charge in [0.05, 0.1) is 29.4 Å². The van der Waals surface area contributed by atoms with Gasteiger partial charge in [0, 0.05) is 5.39 Å². The summed E-state index contributed by atoms with van der Waals surface area (Å²) < 4.78 is 13.2. The normalized spacial score (nSPS) is 11.0. The lowest BCUT2D eigenvalue weighted by atomic mass is 10.1. The highest BCUT2D eigenvalue weighted by Gasteiger charge is 2.19. The fourth-order valence-corrected chi connectivity index (χ4v) is 3.39. The van der Waals surface area contributed by atoms with E-state index in [1.54, 1.807) is 0 Å². The lowest BCUT2D eigenvalue weighted by Gasteiger charge is -2.08. The van der Waals surface area contributed by atoms with Gasteiger partial charge in [0.15, 0.2) is 0 Å². The van der Waals surface area contributed by atoms with Crippen molar-refractivity contribution in [3.63, 3.8) is 0 Å². The van der Waals surface area contributed by atoms with E-state index in [0.717, 1.165) is 27.7 Å². The zero-order valence-electron chi connectivity index (χ0n) is 15.4. The van der Waals surface area contributed by atoms with E-state index in [1.165, 1.54) is 5.56 Å². The Morgan fingerprint density at radius 1 is 1.00 bits per heavy atom. The third kappa shape index (κ3) is 3.26. The van der Waals surface area contributed by atoms with Gasteiger partial charge in [-0.3, -0.25) is 0 Å². The second-order valence-corrected chi connectivity index (χ2v) is 6.51. The van der Waals surface area contributed by atoms with Crippen LogP contribution in [0.5, 0.6) is 5.75 Å². The van der Waals surface area contributed by atoms with E-state index in [-0.39, 0.29) is 5.97 Å². The van der Waals surface area contributed by atoms with Crippen LogP contribution in [0.2, 0.25) is 0 Å². The maximum Gasteiger partial charge on any atom is 0.340 e. The highest BCUT2D eigenvalue weighted by Crippen LogP contribution is 2.29. The molecule has 2 heterocycles. The zero-order chi connectivity index (χ0) is 18.8. The molecule has 0 amide bonds. The van der Waals surface area contributed by atoms with Crippen LogP contribution in [-0.2, 0) is 11.3 Å². The Morgan fingerprint density at radius 3 is 2.67 bits per heavy atom. The Hall–Kier alpha value is -3.27. The predicted molar refractivity (Wildman–Crippen MR) is 106 cm³/mol. The number of aryl methyl sites for hydroxylation is 1. The molecule has 0 radical (unpaired) electrons. The average Bonchev–Trinajstić information content (AvgIpc) is 3.00. The smallest absolute Gasteiger partial charge is 0.340 e. The summed E-state index contributed by atoms with van der Waals surface area (Å²) in [6, 6.07) is 19.9. The maximum absolute atomic E-state index is 12.5. The largest absolute Gasteiger partial charge is 0.487 e. The molecule has 0 aliphatic carbocycles. The van der Waals surface area contributed by atoms with Crippen LogP contribution in [0.15, 0.2) is 66.9 Å². The van der Waals surface area contributed by atoms with Gasteiger partial charge in [-0.05, 0) is 37.6 Å². The Labute approximate surface area is 158 Å². The summed E-state index contributed by atoms with van der Waals surface area (Å²) in [6.45, 7) is 4.73. The Kier molecular flexibility index (Phi) is 4.55. The number of aromatic nitrogens is 1. The van der Waals surface area contributed by atoms with Gasteiger partial charge in [-0.15, -0.1) is 0 Å². The summed E-state index contributed by atoms with van der Waals surface area (Å²) >= 11 is 0. The highest BCUT2D eigenvalue weighted by molar-refractivity contribution is 6.11. The Morgan fingerprint density at radius 2 is 1.85 bits per heavy atom. The molecule has 0 bridgehead atoms. The molecule has 0 N–H and O–H groups in total. The van der Waals surface area contributed by atoms with Gasteiger partial charge >= 0.3 is 5.97 Å². The number of para-hydroxylation sites is 1. The summed E-state index contributed by atoms with van der Waals surface area (Å²) in [5.74, 6) is 0.449. The molecule has 0 unspecified atom stereocenters. The van der Waals surface area contributed by atoms with Crippen LogP contribution < -0.4 is 4.74 Å². The molecule has 4 rings (SSSR count). The topological polar surface area (TPSA) is 39.9 Å². The molecule has 4 heteroatoms. The molecule has 4 nitrogen and oxygen atoms in total. The van der Waals surface area contributed by atoms with Crippen molar-refractivity contribution < 1.29 is 14.3 Å². The average molecular weight is 359 g/mol. The summed E-state index contributed by atoms with van der Waals surface area (Å²) in [7, 11) is 0. The van der Waals surface area contributed by atoms with Crippen molar-refractivity contribution in [2.45, 2.75) is 20.5 Å². The van der Waals surface area contributed by atoms with Gasteiger partial charge in [0.1, 0.15) is 12.4 Å². The number of fused-ring (bicyclic) bond motifs is 3. The fourth-order valence-electron chi connectivity index (χ4n) is 3.39. The van der Waals surface area contributed by atoms with Crippen LogP contribution in [0.4, 0.5) is 0 Å². The van der Waals surface area contributed by atoms with E-state index in [9.17, 15) is 4.79 Å². The summed E-state index contributed by atoms with van der Waals surface area (Å²) in [6.07, 6.45) is 1.93. The molecular weight excluding hydrogens is 338 g/mol. The van der Waals surface area contributed by atoms with E-state index < -0.39 is 0 Å². The molecule has 0 saturated heterocycles. The molecule has 0 atom stereocenters. The first-order chi connectivity index (χ1) is 13.2. The van der Waals surface area contributed by atoms with Gasteiger partial charge in [0.2, 0.25) is 0 Å². The minimum atomic E-state index is -0.301. The number of rotatable bonds is 5. The number of carbonyl (C=O) groups is 1. The van der Waals surface area contributed by atoms with Crippen molar-refractivity contribution in [2.24, 2.45) is 0 Å². The fraction of sp³-hybridized carbons (Fsp3) is 0.174. The molecule has 27 heavy (non-hydrogen) atoms. The van der Waals surface area contributed by atoms with Crippen molar-refractivity contribution in [3.05, 3.63) is 83.6 Å².